The third-order valence-electron chi connectivity index (χ3n) is 7.39. The molecule has 212 valence electrons. The lowest BCUT2D eigenvalue weighted by Crippen LogP contribution is -2.51. The van der Waals surface area contributed by atoms with Crippen LogP contribution in [0.5, 0.6) is 0 Å². The summed E-state index contributed by atoms with van der Waals surface area (Å²) in [7, 11) is 1.77. The summed E-state index contributed by atoms with van der Waals surface area (Å²) in [4.78, 5) is 19.7. The van der Waals surface area contributed by atoms with Crippen LogP contribution in [0, 0.1) is 11.7 Å². The van der Waals surface area contributed by atoms with Gasteiger partial charge in [0, 0.05) is 66.4 Å². The number of methoxy groups -OCH3 is 1. The van der Waals surface area contributed by atoms with E-state index < -0.39 is 5.82 Å². The number of aromatic nitrogens is 3. The fraction of sp³-hybridized carbons (Fsp3) is 0.429. The number of benzene rings is 1. The average molecular weight is 587 g/mol. The monoisotopic (exact) mass is 586 g/mol. The van der Waals surface area contributed by atoms with Crippen molar-refractivity contribution in [2.75, 3.05) is 43.2 Å². The molecule has 1 amide bonds. The summed E-state index contributed by atoms with van der Waals surface area (Å²) in [5.41, 5.74) is 1.77. The number of carbonyl (C=O) groups is 1. The summed E-state index contributed by atoms with van der Waals surface area (Å²) >= 11 is 7.40. The van der Waals surface area contributed by atoms with Gasteiger partial charge in [-0.2, -0.15) is 0 Å². The van der Waals surface area contributed by atoms with Crippen molar-refractivity contribution in [2.24, 2.45) is 5.92 Å². The van der Waals surface area contributed by atoms with Crippen molar-refractivity contribution in [1.29, 1.82) is 0 Å². The van der Waals surface area contributed by atoms with E-state index in [-0.39, 0.29) is 24.0 Å². The quantitative estimate of drug-likeness (QED) is 0.283. The van der Waals surface area contributed by atoms with Crippen molar-refractivity contribution in [1.82, 2.24) is 20.1 Å². The number of amides is 1. The molecule has 2 aromatic heterocycles. The summed E-state index contributed by atoms with van der Waals surface area (Å²) in [5.74, 6) is 0.318. The van der Waals surface area contributed by atoms with Crippen LogP contribution in [0.25, 0.3) is 11.3 Å². The molecule has 3 heterocycles. The second kappa shape index (κ2) is 13.2. The Kier molecular flexibility index (Phi) is 9.48. The maximum absolute atomic E-state index is 14.5. The van der Waals surface area contributed by atoms with E-state index in [1.807, 2.05) is 0 Å². The van der Waals surface area contributed by atoms with Crippen molar-refractivity contribution in [3.8, 4) is 11.3 Å². The number of piperidine rings is 1. The van der Waals surface area contributed by atoms with E-state index >= 15 is 0 Å². The third-order valence-corrected chi connectivity index (χ3v) is 8.59. The van der Waals surface area contributed by atoms with Gasteiger partial charge in [0.15, 0.2) is 0 Å². The van der Waals surface area contributed by atoms with Crippen LogP contribution in [-0.4, -0.2) is 75.8 Å². The number of nitrogens with zero attached hydrogens (tertiary/aromatic N) is 4. The second-order valence-electron chi connectivity index (χ2n) is 9.98. The van der Waals surface area contributed by atoms with Crippen LogP contribution >= 0.6 is 23.4 Å². The Hall–Kier alpha value is -2.83. The molecule has 3 aromatic rings. The maximum Gasteiger partial charge on any atom is 0.228 e. The number of rotatable bonds is 10. The summed E-state index contributed by atoms with van der Waals surface area (Å²) < 4.78 is 20.0. The minimum Gasteiger partial charge on any atom is -0.396 e. The molecule has 2 fully saturated rings. The molecule has 12 heteroatoms. The Bertz CT molecular complexity index is 1340. The molecule has 0 spiro atoms. The molecule has 0 bridgehead atoms. The zero-order chi connectivity index (χ0) is 28.1. The topological polar surface area (TPSA) is 113 Å². The fourth-order valence-corrected chi connectivity index (χ4v) is 5.90. The lowest BCUT2D eigenvalue weighted by Gasteiger charge is -2.44. The van der Waals surface area contributed by atoms with Crippen LogP contribution in [0.2, 0.25) is 5.02 Å². The summed E-state index contributed by atoms with van der Waals surface area (Å²) in [5, 5.41) is 24.9. The molecule has 1 aliphatic carbocycles. The lowest BCUT2D eigenvalue weighted by molar-refractivity contribution is -0.125. The van der Waals surface area contributed by atoms with E-state index in [0.717, 1.165) is 38.8 Å². The number of pyridine rings is 1. The van der Waals surface area contributed by atoms with Crippen molar-refractivity contribution < 1.29 is 19.0 Å². The van der Waals surface area contributed by atoms with Gasteiger partial charge in [0.25, 0.3) is 0 Å². The number of likely N-dealkylation sites (tertiary alicyclic amines) is 1. The highest BCUT2D eigenvalue weighted by Gasteiger charge is 2.39. The predicted molar refractivity (Wildman–Crippen MR) is 155 cm³/mol. The first-order chi connectivity index (χ1) is 19.4. The van der Waals surface area contributed by atoms with Gasteiger partial charge >= 0.3 is 0 Å². The summed E-state index contributed by atoms with van der Waals surface area (Å²) in [6.45, 7) is 2.00. The van der Waals surface area contributed by atoms with E-state index in [0.29, 0.717) is 50.8 Å². The molecule has 3 N–H and O–H groups in total. The van der Waals surface area contributed by atoms with Crippen molar-refractivity contribution >= 4 is 46.5 Å². The molecule has 9 nitrogen and oxygen atoms in total. The summed E-state index contributed by atoms with van der Waals surface area (Å²) in [6, 6.07) is 9.89. The van der Waals surface area contributed by atoms with Gasteiger partial charge in [0.2, 0.25) is 5.91 Å². The van der Waals surface area contributed by atoms with Gasteiger partial charge in [-0.05, 0) is 56.0 Å². The number of anilines is 3. The first-order valence-corrected chi connectivity index (χ1v) is 14.7. The highest BCUT2D eigenvalue weighted by atomic mass is 35.5. The number of carbonyl (C=O) groups excluding carboxylic acids is 1. The first kappa shape index (κ1) is 28.7. The number of aliphatic hydroxyl groups excluding tert-OH is 1. The van der Waals surface area contributed by atoms with Crippen LogP contribution in [0.4, 0.5) is 21.6 Å². The Morgan fingerprint density at radius 2 is 2.00 bits per heavy atom. The molecule has 1 aliphatic heterocycles. The van der Waals surface area contributed by atoms with Gasteiger partial charge in [0.1, 0.15) is 16.7 Å². The largest absolute Gasteiger partial charge is 0.396 e. The van der Waals surface area contributed by atoms with Crippen molar-refractivity contribution in [3.05, 3.63) is 53.4 Å². The zero-order valence-electron chi connectivity index (χ0n) is 22.1. The van der Waals surface area contributed by atoms with Crippen molar-refractivity contribution in [3.63, 3.8) is 0 Å². The van der Waals surface area contributed by atoms with Gasteiger partial charge in [-0.25, -0.2) is 9.37 Å². The predicted octanol–water partition coefficient (Wildman–Crippen LogP) is 4.99. The molecule has 1 saturated heterocycles. The number of thioether (sulfide) groups is 1. The van der Waals surface area contributed by atoms with E-state index in [1.165, 1.54) is 30.0 Å². The smallest absolute Gasteiger partial charge is 0.228 e. The van der Waals surface area contributed by atoms with Gasteiger partial charge < -0.3 is 25.4 Å². The van der Waals surface area contributed by atoms with E-state index in [4.69, 9.17) is 16.3 Å². The average Bonchev–Trinajstić information content (AvgIpc) is 2.93. The Morgan fingerprint density at radius 1 is 1.20 bits per heavy atom. The van der Waals surface area contributed by atoms with E-state index in [1.54, 1.807) is 31.5 Å². The number of hydrogen-bond donors (Lipinski definition) is 3. The molecule has 0 unspecified atom stereocenters. The molecule has 1 saturated carbocycles. The van der Waals surface area contributed by atoms with Crippen molar-refractivity contribution in [2.45, 2.75) is 42.9 Å². The normalized spacial score (nSPS) is 19.7. The highest BCUT2D eigenvalue weighted by molar-refractivity contribution is 7.99. The third kappa shape index (κ3) is 6.90. The maximum atomic E-state index is 14.5. The minimum atomic E-state index is -0.466. The Labute approximate surface area is 241 Å². The number of aliphatic hydroxyl groups is 1. The van der Waals surface area contributed by atoms with Crippen LogP contribution in [0.3, 0.4) is 0 Å². The van der Waals surface area contributed by atoms with Gasteiger partial charge in [-0.1, -0.05) is 11.6 Å². The SMILES string of the molecule is COC1CCN([C@H]2C[C@H](C(=O)Nc3cc(Nc4cc(-c5cc(Cl)ccc5F)nnc4SCCO)ccn3)C2)CC1. The molecule has 40 heavy (non-hydrogen) atoms. The molecule has 2 aliphatic rings. The van der Waals surface area contributed by atoms with Gasteiger partial charge in [-0.15, -0.1) is 22.0 Å². The fourth-order valence-electron chi connectivity index (χ4n) is 5.08. The second-order valence-corrected chi connectivity index (χ2v) is 11.5. The highest BCUT2D eigenvalue weighted by Crippen LogP contribution is 2.35. The Balaban J connectivity index is 1.25. The molecule has 0 atom stereocenters. The number of nitrogens with one attached hydrogen (secondary N) is 2. The van der Waals surface area contributed by atoms with Gasteiger partial charge in [0.05, 0.1) is 24.1 Å². The molecular formula is C28H32ClFN6O3S. The first-order valence-electron chi connectivity index (χ1n) is 13.3. The number of hydrogen-bond acceptors (Lipinski definition) is 9. The molecule has 1 aromatic carbocycles. The van der Waals surface area contributed by atoms with Gasteiger partial charge in [-0.3, -0.25) is 4.79 Å². The zero-order valence-corrected chi connectivity index (χ0v) is 23.7. The lowest BCUT2D eigenvalue weighted by atomic mass is 9.78. The van der Waals surface area contributed by atoms with E-state index in [2.05, 4.69) is 30.7 Å². The van der Waals surface area contributed by atoms with Crippen LogP contribution in [0.1, 0.15) is 25.7 Å². The number of ether oxygens (including phenoxy) is 1. The van der Waals surface area contributed by atoms with Crippen LogP contribution < -0.4 is 10.6 Å². The van der Waals surface area contributed by atoms with Crippen LogP contribution in [-0.2, 0) is 9.53 Å². The Morgan fingerprint density at radius 3 is 2.75 bits per heavy atom. The summed E-state index contributed by atoms with van der Waals surface area (Å²) in [6.07, 6.45) is 5.72. The molecule has 0 radical (unpaired) electrons. The number of halogens is 2. The standard InChI is InChI=1S/C28H32ClFN6O3S/c1-39-21-5-8-36(9-6-21)20-12-17(13-20)27(38)33-26-15-19(4-7-31-26)32-25-16-24(34-35-28(25)40-11-10-37)22-14-18(29)2-3-23(22)30/h2-4,7,14-17,20-21,37H,5-6,8-13H2,1H3,(H2,31,32,33,34,38)/t17-,20-. The minimum absolute atomic E-state index is 0.0313. The molecule has 5 rings (SSSR count). The van der Waals surface area contributed by atoms with Crippen LogP contribution in [0.15, 0.2) is 47.6 Å². The van der Waals surface area contributed by atoms with E-state index in [9.17, 15) is 14.3 Å². The molecular weight excluding hydrogens is 555 g/mol.